The Morgan fingerprint density at radius 1 is 1.47 bits per heavy atom. The topological polar surface area (TPSA) is 72.4 Å². The smallest absolute Gasteiger partial charge is 0.271 e. The van der Waals surface area contributed by atoms with Gasteiger partial charge in [-0.05, 0) is 18.4 Å². The summed E-state index contributed by atoms with van der Waals surface area (Å²) in [5.41, 5.74) is 7.00. The number of piperidine rings is 1. The van der Waals surface area contributed by atoms with Gasteiger partial charge in [0.2, 0.25) is 0 Å². The van der Waals surface area contributed by atoms with Crippen LogP contribution < -0.4 is 10.6 Å². The summed E-state index contributed by atoms with van der Waals surface area (Å²) in [5.74, 6) is 0.526. The zero-order valence-electron chi connectivity index (χ0n) is 9.87. The second kappa shape index (κ2) is 4.71. The summed E-state index contributed by atoms with van der Waals surface area (Å²) >= 11 is 0. The molecular formula is C12H17N3O2. The first-order valence-electron chi connectivity index (χ1n) is 5.81. The highest BCUT2D eigenvalue weighted by Gasteiger charge is 2.23. The molecule has 0 radical (unpaired) electrons. The van der Waals surface area contributed by atoms with Crippen LogP contribution in [0.4, 0.5) is 11.4 Å². The average Bonchev–Trinajstić information content (AvgIpc) is 2.28. The number of benzene rings is 1. The van der Waals surface area contributed by atoms with E-state index >= 15 is 0 Å². The highest BCUT2D eigenvalue weighted by atomic mass is 16.6. The van der Waals surface area contributed by atoms with Crippen molar-refractivity contribution in [3.63, 3.8) is 0 Å². The van der Waals surface area contributed by atoms with Crippen molar-refractivity contribution in [1.29, 1.82) is 0 Å². The number of rotatable bonds is 2. The summed E-state index contributed by atoms with van der Waals surface area (Å²) in [4.78, 5) is 12.5. The van der Waals surface area contributed by atoms with Crippen LogP contribution in [0.25, 0.3) is 0 Å². The molecule has 1 heterocycles. The maximum absolute atomic E-state index is 10.7. The van der Waals surface area contributed by atoms with Crippen LogP contribution in [0.5, 0.6) is 0 Å². The fourth-order valence-electron chi connectivity index (χ4n) is 2.41. The van der Waals surface area contributed by atoms with Crippen molar-refractivity contribution >= 4 is 11.4 Å². The minimum atomic E-state index is -0.364. The van der Waals surface area contributed by atoms with Crippen molar-refractivity contribution < 1.29 is 4.92 Å². The number of hydrogen-bond donors (Lipinski definition) is 1. The van der Waals surface area contributed by atoms with Crippen LogP contribution in [0.15, 0.2) is 24.3 Å². The molecule has 1 aromatic carbocycles. The Hall–Kier alpha value is -1.62. The molecule has 0 spiro atoms. The number of nitro groups is 1. The first kappa shape index (κ1) is 11.9. The van der Waals surface area contributed by atoms with Gasteiger partial charge in [-0.15, -0.1) is 0 Å². The molecule has 92 valence electrons. The minimum absolute atomic E-state index is 0.134. The minimum Gasteiger partial charge on any atom is -0.370 e. The maximum atomic E-state index is 10.7. The van der Waals surface area contributed by atoms with Crippen LogP contribution in [0.2, 0.25) is 0 Å². The lowest BCUT2D eigenvalue weighted by Crippen LogP contribution is -2.46. The Morgan fingerprint density at radius 2 is 2.24 bits per heavy atom. The molecule has 17 heavy (non-hydrogen) atoms. The molecule has 1 aliphatic heterocycles. The van der Waals surface area contributed by atoms with Crippen LogP contribution in [-0.4, -0.2) is 24.1 Å². The lowest BCUT2D eigenvalue weighted by molar-refractivity contribution is -0.384. The quantitative estimate of drug-likeness (QED) is 0.626. The number of hydrogen-bond acceptors (Lipinski definition) is 4. The molecule has 5 heteroatoms. The van der Waals surface area contributed by atoms with Crippen LogP contribution >= 0.6 is 0 Å². The van der Waals surface area contributed by atoms with Crippen molar-refractivity contribution in [1.82, 2.24) is 0 Å². The van der Waals surface area contributed by atoms with Gasteiger partial charge in [0.1, 0.15) is 0 Å². The molecule has 5 nitrogen and oxygen atoms in total. The standard InChI is InChI=1S/C12H17N3O2/c1-9-5-10(13)8-14(7-9)11-3-2-4-12(6-11)15(16)17/h2-4,6,9-10H,5,7-8,13H2,1H3. The van der Waals surface area contributed by atoms with E-state index in [-0.39, 0.29) is 16.7 Å². The first-order valence-corrected chi connectivity index (χ1v) is 5.81. The van der Waals surface area contributed by atoms with E-state index in [0.29, 0.717) is 5.92 Å². The fraction of sp³-hybridized carbons (Fsp3) is 0.500. The molecule has 0 aliphatic carbocycles. The van der Waals surface area contributed by atoms with Gasteiger partial charge in [0.15, 0.2) is 0 Å². The van der Waals surface area contributed by atoms with E-state index in [9.17, 15) is 10.1 Å². The molecule has 2 rings (SSSR count). The van der Waals surface area contributed by atoms with Gasteiger partial charge in [-0.3, -0.25) is 10.1 Å². The predicted molar refractivity (Wildman–Crippen MR) is 67.1 cm³/mol. The fourth-order valence-corrected chi connectivity index (χ4v) is 2.41. The van der Waals surface area contributed by atoms with Gasteiger partial charge in [-0.1, -0.05) is 13.0 Å². The van der Waals surface area contributed by atoms with Crippen LogP contribution in [-0.2, 0) is 0 Å². The van der Waals surface area contributed by atoms with Gasteiger partial charge in [0.25, 0.3) is 5.69 Å². The highest BCUT2D eigenvalue weighted by molar-refractivity contribution is 5.53. The molecular weight excluding hydrogens is 218 g/mol. The molecule has 2 N–H and O–H groups in total. The summed E-state index contributed by atoms with van der Waals surface area (Å²) < 4.78 is 0. The Morgan fingerprint density at radius 3 is 2.88 bits per heavy atom. The van der Waals surface area contributed by atoms with E-state index in [1.165, 1.54) is 6.07 Å². The summed E-state index contributed by atoms with van der Waals surface area (Å²) in [6.07, 6.45) is 1.02. The van der Waals surface area contributed by atoms with Gasteiger partial charge in [-0.2, -0.15) is 0 Å². The third kappa shape index (κ3) is 2.74. The van der Waals surface area contributed by atoms with Crippen LogP contribution in [0, 0.1) is 16.0 Å². The zero-order chi connectivity index (χ0) is 12.4. The van der Waals surface area contributed by atoms with E-state index in [2.05, 4.69) is 11.8 Å². The van der Waals surface area contributed by atoms with Crippen molar-refractivity contribution in [2.24, 2.45) is 11.7 Å². The van der Waals surface area contributed by atoms with Crippen molar-refractivity contribution in [3.05, 3.63) is 34.4 Å². The monoisotopic (exact) mass is 235 g/mol. The molecule has 1 aromatic rings. The lowest BCUT2D eigenvalue weighted by atomic mass is 9.96. The van der Waals surface area contributed by atoms with E-state index in [0.717, 1.165) is 25.2 Å². The van der Waals surface area contributed by atoms with Gasteiger partial charge in [0, 0.05) is 37.0 Å². The first-order chi connectivity index (χ1) is 8.06. The Bertz CT molecular complexity index is 412. The molecule has 0 amide bonds. The van der Waals surface area contributed by atoms with E-state index in [1.54, 1.807) is 12.1 Å². The van der Waals surface area contributed by atoms with Crippen molar-refractivity contribution in [2.75, 3.05) is 18.0 Å². The van der Waals surface area contributed by atoms with Gasteiger partial charge in [-0.25, -0.2) is 0 Å². The van der Waals surface area contributed by atoms with E-state index in [4.69, 9.17) is 5.73 Å². The Kier molecular flexibility index (Phi) is 3.28. The molecule has 1 aliphatic rings. The van der Waals surface area contributed by atoms with Gasteiger partial charge < -0.3 is 10.6 Å². The third-order valence-electron chi connectivity index (χ3n) is 3.10. The normalized spacial score (nSPS) is 24.7. The number of nitrogens with two attached hydrogens (primary N) is 1. The number of anilines is 1. The molecule has 0 aromatic heterocycles. The average molecular weight is 235 g/mol. The van der Waals surface area contributed by atoms with E-state index in [1.807, 2.05) is 6.07 Å². The second-order valence-corrected chi connectivity index (χ2v) is 4.78. The molecule has 1 saturated heterocycles. The third-order valence-corrected chi connectivity index (χ3v) is 3.10. The van der Waals surface area contributed by atoms with Gasteiger partial charge in [0.05, 0.1) is 4.92 Å². The zero-order valence-corrected chi connectivity index (χ0v) is 9.87. The number of nitro benzene ring substituents is 1. The van der Waals surface area contributed by atoms with E-state index < -0.39 is 0 Å². The second-order valence-electron chi connectivity index (χ2n) is 4.78. The number of nitrogens with zero attached hydrogens (tertiary/aromatic N) is 2. The molecule has 0 saturated carbocycles. The van der Waals surface area contributed by atoms with Crippen molar-refractivity contribution in [3.8, 4) is 0 Å². The van der Waals surface area contributed by atoms with Gasteiger partial charge >= 0.3 is 0 Å². The molecule has 1 fully saturated rings. The Balaban J connectivity index is 2.21. The predicted octanol–water partition coefficient (Wildman–Crippen LogP) is 1.77. The summed E-state index contributed by atoms with van der Waals surface area (Å²) in [6, 6.07) is 6.90. The van der Waals surface area contributed by atoms with Crippen LogP contribution in [0.3, 0.4) is 0 Å². The summed E-state index contributed by atoms with van der Waals surface area (Å²) in [6.45, 7) is 3.84. The SMILES string of the molecule is CC1CC(N)CN(c2cccc([N+](=O)[O-])c2)C1. The summed E-state index contributed by atoms with van der Waals surface area (Å²) in [5, 5.41) is 10.7. The van der Waals surface area contributed by atoms with Crippen LogP contribution in [0.1, 0.15) is 13.3 Å². The van der Waals surface area contributed by atoms with Crippen molar-refractivity contribution in [2.45, 2.75) is 19.4 Å². The molecule has 0 bridgehead atoms. The summed E-state index contributed by atoms with van der Waals surface area (Å²) in [7, 11) is 0. The lowest BCUT2D eigenvalue weighted by Gasteiger charge is -2.36. The largest absolute Gasteiger partial charge is 0.370 e. The number of non-ortho nitro benzene ring substituents is 1. The maximum Gasteiger partial charge on any atom is 0.271 e. The Labute approximate surface area is 100 Å². The molecule has 2 atom stereocenters. The highest BCUT2D eigenvalue weighted by Crippen LogP contribution is 2.25. The molecule has 2 unspecified atom stereocenters.